The maximum atomic E-state index is 12.9. The number of carbonyl (C=O) groups is 2. The minimum absolute atomic E-state index is 0.225. The Kier molecular flexibility index (Phi) is 7.11. The third kappa shape index (κ3) is 5.15. The molecule has 1 aromatic heterocycles. The van der Waals surface area contributed by atoms with Crippen molar-refractivity contribution >= 4 is 17.5 Å². The summed E-state index contributed by atoms with van der Waals surface area (Å²) >= 11 is 0. The first-order valence-corrected chi connectivity index (χ1v) is 9.61. The van der Waals surface area contributed by atoms with Gasteiger partial charge in [-0.2, -0.15) is 0 Å². The van der Waals surface area contributed by atoms with Crippen LogP contribution in [0.15, 0.2) is 48.5 Å². The highest BCUT2D eigenvalue weighted by Gasteiger charge is 2.19. The van der Waals surface area contributed by atoms with Crippen LogP contribution < -0.4 is 10.2 Å². The first-order valence-electron chi connectivity index (χ1n) is 9.61. The molecule has 0 spiro atoms. The van der Waals surface area contributed by atoms with Crippen molar-refractivity contribution < 1.29 is 14.3 Å². The smallest absolute Gasteiger partial charge is 0.276 e. The Morgan fingerprint density at radius 3 is 2.50 bits per heavy atom. The molecular weight excluding hydrogens is 356 g/mol. The van der Waals surface area contributed by atoms with Crippen LogP contribution in [-0.4, -0.2) is 67.6 Å². The van der Waals surface area contributed by atoms with Crippen molar-refractivity contribution in [2.45, 2.75) is 6.92 Å². The van der Waals surface area contributed by atoms with Crippen molar-refractivity contribution in [3.63, 3.8) is 0 Å². The van der Waals surface area contributed by atoms with Gasteiger partial charge in [0.25, 0.3) is 11.8 Å². The zero-order chi connectivity index (χ0) is 19.8. The summed E-state index contributed by atoms with van der Waals surface area (Å²) in [5.74, 6) is -0.498. The highest BCUT2D eigenvalue weighted by atomic mass is 16.5. The lowest BCUT2D eigenvalue weighted by Crippen LogP contribution is -2.41. The first kappa shape index (κ1) is 20.0. The summed E-state index contributed by atoms with van der Waals surface area (Å²) in [6.45, 7) is 6.95. The summed E-state index contributed by atoms with van der Waals surface area (Å²) < 4.78 is 5.32. The molecule has 0 bridgehead atoms. The van der Waals surface area contributed by atoms with Crippen LogP contribution in [0.4, 0.5) is 5.69 Å². The lowest BCUT2D eigenvalue weighted by molar-refractivity contribution is 0.0383. The van der Waals surface area contributed by atoms with Crippen LogP contribution in [-0.2, 0) is 4.74 Å². The van der Waals surface area contributed by atoms with Gasteiger partial charge in [-0.15, -0.1) is 0 Å². The molecule has 3 rings (SSSR count). The Morgan fingerprint density at radius 1 is 1.07 bits per heavy atom. The van der Waals surface area contributed by atoms with E-state index in [2.05, 4.69) is 15.2 Å². The monoisotopic (exact) mass is 382 g/mol. The van der Waals surface area contributed by atoms with E-state index in [-0.39, 0.29) is 23.2 Å². The lowest BCUT2D eigenvalue weighted by atomic mass is 10.2. The lowest BCUT2D eigenvalue weighted by Gasteiger charge is -2.26. The molecule has 0 aliphatic carbocycles. The van der Waals surface area contributed by atoms with E-state index >= 15 is 0 Å². The molecule has 1 aliphatic heterocycles. The zero-order valence-corrected chi connectivity index (χ0v) is 16.1. The third-order valence-corrected chi connectivity index (χ3v) is 4.65. The number of rotatable bonds is 7. The summed E-state index contributed by atoms with van der Waals surface area (Å²) in [6.07, 6.45) is 0. The summed E-state index contributed by atoms with van der Waals surface area (Å²) in [4.78, 5) is 33.5. The maximum Gasteiger partial charge on any atom is 0.276 e. The number of para-hydroxylation sites is 1. The van der Waals surface area contributed by atoms with Gasteiger partial charge in [-0.3, -0.25) is 14.5 Å². The normalized spacial score (nSPS) is 14.5. The van der Waals surface area contributed by atoms with Gasteiger partial charge in [0.2, 0.25) is 0 Å². The molecule has 7 heteroatoms. The fourth-order valence-corrected chi connectivity index (χ4v) is 3.11. The predicted octanol–water partition coefficient (Wildman–Crippen LogP) is 1.81. The fourth-order valence-electron chi connectivity index (χ4n) is 3.11. The topological polar surface area (TPSA) is 74.8 Å². The number of carbonyl (C=O) groups excluding carboxylic acids is 2. The molecule has 0 radical (unpaired) electrons. The van der Waals surface area contributed by atoms with Crippen molar-refractivity contribution in [1.29, 1.82) is 0 Å². The molecule has 1 saturated heterocycles. The second kappa shape index (κ2) is 9.96. The molecule has 7 nitrogen and oxygen atoms in total. The molecule has 2 amide bonds. The number of hydrogen-bond donors (Lipinski definition) is 1. The quantitative estimate of drug-likeness (QED) is 0.791. The number of nitrogens with one attached hydrogen (secondary N) is 1. The van der Waals surface area contributed by atoms with Crippen LogP contribution in [0.3, 0.4) is 0 Å². The number of benzene rings is 1. The summed E-state index contributed by atoms with van der Waals surface area (Å²) in [5, 5.41) is 2.88. The van der Waals surface area contributed by atoms with Crippen LogP contribution >= 0.6 is 0 Å². The molecule has 0 unspecified atom stereocenters. The molecule has 0 atom stereocenters. The molecule has 2 heterocycles. The van der Waals surface area contributed by atoms with Crippen LogP contribution in [0.5, 0.6) is 0 Å². The fraction of sp³-hybridized carbons (Fsp3) is 0.381. The Morgan fingerprint density at radius 2 is 1.79 bits per heavy atom. The Labute approximate surface area is 165 Å². The van der Waals surface area contributed by atoms with Gasteiger partial charge in [-0.1, -0.05) is 24.3 Å². The molecule has 148 valence electrons. The highest BCUT2D eigenvalue weighted by Crippen LogP contribution is 2.16. The molecule has 1 aliphatic rings. The maximum absolute atomic E-state index is 12.9. The van der Waals surface area contributed by atoms with Gasteiger partial charge in [-0.25, -0.2) is 4.98 Å². The number of aromatic nitrogens is 1. The summed E-state index contributed by atoms with van der Waals surface area (Å²) in [7, 11) is 0. The molecule has 1 aromatic carbocycles. The van der Waals surface area contributed by atoms with Crippen molar-refractivity contribution in [3.8, 4) is 0 Å². The van der Waals surface area contributed by atoms with Gasteiger partial charge >= 0.3 is 0 Å². The Balaban J connectivity index is 1.62. The molecule has 1 N–H and O–H groups in total. The van der Waals surface area contributed by atoms with Gasteiger partial charge in [-0.05, 0) is 31.2 Å². The van der Waals surface area contributed by atoms with Crippen molar-refractivity contribution in [3.05, 3.63) is 59.9 Å². The average Bonchev–Trinajstić information content (AvgIpc) is 2.76. The third-order valence-electron chi connectivity index (χ3n) is 4.65. The van der Waals surface area contributed by atoms with E-state index in [1.807, 2.05) is 37.3 Å². The van der Waals surface area contributed by atoms with E-state index in [1.165, 1.54) is 0 Å². The van der Waals surface area contributed by atoms with E-state index in [0.717, 1.165) is 38.5 Å². The molecule has 1 fully saturated rings. The minimum atomic E-state index is -0.273. The summed E-state index contributed by atoms with van der Waals surface area (Å²) in [6, 6.07) is 14.4. The second-order valence-corrected chi connectivity index (χ2v) is 6.50. The highest BCUT2D eigenvalue weighted by molar-refractivity contribution is 6.05. The average molecular weight is 382 g/mol. The van der Waals surface area contributed by atoms with Gasteiger partial charge < -0.3 is 15.0 Å². The van der Waals surface area contributed by atoms with Crippen molar-refractivity contribution in [1.82, 2.24) is 15.2 Å². The Hall–Kier alpha value is -2.77. The molecule has 28 heavy (non-hydrogen) atoms. The standard InChI is InChI=1S/C21H26N4O3/c1-2-25(17-7-4-3-5-8-17)21(27)19-10-6-9-18(23-19)20(26)22-11-12-24-13-15-28-16-14-24/h3-10H,2,11-16H2,1H3,(H,22,26). The molecule has 2 aromatic rings. The van der Waals surface area contributed by atoms with E-state index in [0.29, 0.717) is 13.1 Å². The zero-order valence-electron chi connectivity index (χ0n) is 16.1. The van der Waals surface area contributed by atoms with Gasteiger partial charge in [0, 0.05) is 38.4 Å². The van der Waals surface area contributed by atoms with E-state index in [1.54, 1.807) is 23.1 Å². The summed E-state index contributed by atoms with van der Waals surface area (Å²) in [5.41, 5.74) is 1.31. The van der Waals surface area contributed by atoms with E-state index in [4.69, 9.17) is 4.74 Å². The number of pyridine rings is 1. The van der Waals surface area contributed by atoms with E-state index < -0.39 is 0 Å². The van der Waals surface area contributed by atoms with Gasteiger partial charge in [0.15, 0.2) is 0 Å². The molecule has 0 saturated carbocycles. The first-order chi connectivity index (χ1) is 13.7. The Bertz CT molecular complexity index is 791. The molecular formula is C21H26N4O3. The number of anilines is 1. The largest absolute Gasteiger partial charge is 0.379 e. The van der Waals surface area contributed by atoms with Crippen molar-refractivity contribution in [2.75, 3.05) is 50.8 Å². The van der Waals surface area contributed by atoms with Crippen LogP contribution in [0.2, 0.25) is 0 Å². The van der Waals surface area contributed by atoms with Crippen LogP contribution in [0.1, 0.15) is 27.9 Å². The number of ether oxygens (including phenoxy) is 1. The van der Waals surface area contributed by atoms with Gasteiger partial charge in [0.05, 0.1) is 13.2 Å². The number of nitrogens with zero attached hydrogens (tertiary/aromatic N) is 3. The van der Waals surface area contributed by atoms with E-state index in [9.17, 15) is 9.59 Å². The van der Waals surface area contributed by atoms with Gasteiger partial charge in [0.1, 0.15) is 11.4 Å². The SMILES string of the molecule is CCN(C(=O)c1cccc(C(=O)NCCN2CCOCC2)n1)c1ccccc1. The van der Waals surface area contributed by atoms with Crippen LogP contribution in [0, 0.1) is 0 Å². The van der Waals surface area contributed by atoms with Crippen molar-refractivity contribution in [2.24, 2.45) is 0 Å². The second-order valence-electron chi connectivity index (χ2n) is 6.50. The van der Waals surface area contributed by atoms with Crippen LogP contribution in [0.25, 0.3) is 0 Å². The number of morpholine rings is 1. The minimum Gasteiger partial charge on any atom is -0.379 e. The predicted molar refractivity (Wildman–Crippen MR) is 108 cm³/mol. The number of amides is 2. The number of hydrogen-bond acceptors (Lipinski definition) is 5.